The topological polar surface area (TPSA) is 29.3 Å². The molecule has 2 heteroatoms. The molecule has 0 bridgehead atoms. The van der Waals surface area contributed by atoms with Crippen molar-refractivity contribution in [3.8, 4) is 0 Å². The van der Waals surface area contributed by atoms with Crippen LogP contribution in [0.4, 0.5) is 0 Å². The smallest absolute Gasteiger partial charge is 0.0283 e. The average molecular weight is 224 g/mol. The van der Waals surface area contributed by atoms with Crippen molar-refractivity contribution in [1.82, 2.24) is 4.90 Å². The maximum atomic E-state index is 6.52. The van der Waals surface area contributed by atoms with Crippen molar-refractivity contribution in [3.63, 3.8) is 0 Å². The number of rotatable bonds is 2. The molecular weight excluding hydrogens is 196 g/mol. The SMILES string of the molecule is CC1(C)CCN(CC2(N)CCCCC2)CC1. The summed E-state index contributed by atoms with van der Waals surface area (Å²) in [5.74, 6) is 0. The second-order valence-electron chi connectivity index (χ2n) is 6.86. The van der Waals surface area contributed by atoms with Crippen LogP contribution in [0.25, 0.3) is 0 Å². The summed E-state index contributed by atoms with van der Waals surface area (Å²) in [4.78, 5) is 2.61. The Morgan fingerprint density at radius 2 is 1.50 bits per heavy atom. The van der Waals surface area contributed by atoms with Crippen LogP contribution >= 0.6 is 0 Å². The second kappa shape index (κ2) is 4.66. The van der Waals surface area contributed by atoms with Crippen molar-refractivity contribution in [2.75, 3.05) is 19.6 Å². The summed E-state index contributed by atoms with van der Waals surface area (Å²) in [6, 6.07) is 0. The maximum Gasteiger partial charge on any atom is 0.0283 e. The van der Waals surface area contributed by atoms with Gasteiger partial charge in [-0.05, 0) is 44.2 Å². The Bertz CT molecular complexity index is 219. The Hall–Kier alpha value is -0.0800. The highest BCUT2D eigenvalue weighted by Gasteiger charge is 2.32. The van der Waals surface area contributed by atoms with E-state index in [4.69, 9.17) is 5.73 Å². The molecule has 94 valence electrons. The molecule has 1 heterocycles. The predicted molar refractivity (Wildman–Crippen MR) is 69.5 cm³/mol. The summed E-state index contributed by atoms with van der Waals surface area (Å²) in [6.45, 7) is 8.44. The Morgan fingerprint density at radius 1 is 0.938 bits per heavy atom. The molecule has 0 atom stereocenters. The van der Waals surface area contributed by atoms with Crippen LogP contribution in [0, 0.1) is 5.41 Å². The van der Waals surface area contributed by atoms with Crippen molar-refractivity contribution in [1.29, 1.82) is 0 Å². The van der Waals surface area contributed by atoms with E-state index in [9.17, 15) is 0 Å². The first-order valence-corrected chi connectivity index (χ1v) is 7.01. The Morgan fingerprint density at radius 3 is 2.06 bits per heavy atom. The number of nitrogens with zero attached hydrogens (tertiary/aromatic N) is 1. The van der Waals surface area contributed by atoms with Crippen LogP contribution in [0.15, 0.2) is 0 Å². The molecule has 0 unspecified atom stereocenters. The molecule has 2 nitrogen and oxygen atoms in total. The lowest BCUT2D eigenvalue weighted by Crippen LogP contribution is -2.53. The first-order chi connectivity index (χ1) is 7.49. The van der Waals surface area contributed by atoms with E-state index in [1.165, 1.54) is 58.0 Å². The molecule has 0 amide bonds. The molecule has 1 aliphatic carbocycles. The molecule has 1 saturated carbocycles. The van der Waals surface area contributed by atoms with Crippen LogP contribution in [-0.2, 0) is 0 Å². The van der Waals surface area contributed by atoms with Crippen LogP contribution in [0.2, 0.25) is 0 Å². The zero-order chi connectivity index (χ0) is 11.6. The first-order valence-electron chi connectivity index (χ1n) is 7.01. The summed E-state index contributed by atoms with van der Waals surface area (Å²) >= 11 is 0. The van der Waals surface area contributed by atoms with Crippen LogP contribution < -0.4 is 5.73 Å². The fourth-order valence-electron chi connectivity index (χ4n) is 3.18. The molecule has 2 aliphatic rings. The third kappa shape index (κ3) is 3.21. The zero-order valence-corrected chi connectivity index (χ0v) is 11.1. The van der Waals surface area contributed by atoms with Gasteiger partial charge in [0.05, 0.1) is 0 Å². The van der Waals surface area contributed by atoms with Gasteiger partial charge in [-0.3, -0.25) is 0 Å². The van der Waals surface area contributed by atoms with E-state index in [1.807, 2.05) is 0 Å². The summed E-state index contributed by atoms with van der Waals surface area (Å²) in [5.41, 5.74) is 7.21. The van der Waals surface area contributed by atoms with Gasteiger partial charge in [0, 0.05) is 12.1 Å². The molecule has 0 aromatic heterocycles. The normalized spacial score (nSPS) is 30.2. The van der Waals surface area contributed by atoms with E-state index in [1.54, 1.807) is 0 Å². The van der Waals surface area contributed by atoms with Crippen molar-refractivity contribution in [2.24, 2.45) is 11.1 Å². The molecule has 2 N–H and O–H groups in total. The molecule has 0 aromatic carbocycles. The lowest BCUT2D eigenvalue weighted by Gasteiger charge is -2.43. The van der Waals surface area contributed by atoms with Gasteiger partial charge in [-0.25, -0.2) is 0 Å². The molecule has 0 radical (unpaired) electrons. The molecule has 1 saturated heterocycles. The summed E-state index contributed by atoms with van der Waals surface area (Å²) in [6.07, 6.45) is 9.24. The lowest BCUT2D eigenvalue weighted by molar-refractivity contribution is 0.0970. The molecule has 2 fully saturated rings. The summed E-state index contributed by atoms with van der Waals surface area (Å²) in [5, 5.41) is 0. The highest BCUT2D eigenvalue weighted by molar-refractivity contribution is 4.92. The largest absolute Gasteiger partial charge is 0.324 e. The predicted octanol–water partition coefficient (Wildman–Crippen LogP) is 2.77. The zero-order valence-electron chi connectivity index (χ0n) is 11.1. The van der Waals surface area contributed by atoms with E-state index in [0.29, 0.717) is 5.41 Å². The highest BCUT2D eigenvalue weighted by atomic mass is 15.2. The summed E-state index contributed by atoms with van der Waals surface area (Å²) < 4.78 is 0. The van der Waals surface area contributed by atoms with Gasteiger partial charge >= 0.3 is 0 Å². The Balaban J connectivity index is 1.81. The van der Waals surface area contributed by atoms with Crippen molar-refractivity contribution < 1.29 is 0 Å². The quantitative estimate of drug-likeness (QED) is 0.781. The monoisotopic (exact) mass is 224 g/mol. The molecular formula is C14H28N2. The van der Waals surface area contributed by atoms with Gasteiger partial charge < -0.3 is 10.6 Å². The maximum absolute atomic E-state index is 6.52. The Labute approximate surface area is 101 Å². The van der Waals surface area contributed by atoms with E-state index in [0.717, 1.165) is 6.54 Å². The third-order valence-electron chi connectivity index (χ3n) is 4.60. The fraction of sp³-hybridized carbons (Fsp3) is 1.00. The van der Waals surface area contributed by atoms with Crippen LogP contribution in [0.1, 0.15) is 58.8 Å². The van der Waals surface area contributed by atoms with Gasteiger partial charge in [0.15, 0.2) is 0 Å². The molecule has 2 rings (SSSR count). The number of hydrogen-bond donors (Lipinski definition) is 1. The minimum absolute atomic E-state index is 0.139. The van der Waals surface area contributed by atoms with Crippen LogP contribution in [0.5, 0.6) is 0 Å². The van der Waals surface area contributed by atoms with Gasteiger partial charge in [0.1, 0.15) is 0 Å². The van der Waals surface area contributed by atoms with E-state index in [2.05, 4.69) is 18.7 Å². The van der Waals surface area contributed by atoms with Crippen molar-refractivity contribution in [2.45, 2.75) is 64.3 Å². The number of piperidine rings is 1. The molecule has 16 heavy (non-hydrogen) atoms. The molecule has 0 aromatic rings. The average Bonchev–Trinajstić information content (AvgIpc) is 2.22. The van der Waals surface area contributed by atoms with Crippen LogP contribution in [-0.4, -0.2) is 30.1 Å². The highest BCUT2D eigenvalue weighted by Crippen LogP contribution is 2.32. The Kier molecular flexibility index (Phi) is 3.60. The van der Waals surface area contributed by atoms with Gasteiger partial charge in [0.2, 0.25) is 0 Å². The minimum Gasteiger partial charge on any atom is -0.324 e. The van der Waals surface area contributed by atoms with E-state index < -0.39 is 0 Å². The van der Waals surface area contributed by atoms with E-state index in [-0.39, 0.29) is 5.54 Å². The minimum atomic E-state index is 0.139. The number of likely N-dealkylation sites (tertiary alicyclic amines) is 1. The van der Waals surface area contributed by atoms with Gasteiger partial charge in [0.25, 0.3) is 0 Å². The van der Waals surface area contributed by atoms with E-state index >= 15 is 0 Å². The first kappa shape index (κ1) is 12.4. The fourth-order valence-corrected chi connectivity index (χ4v) is 3.18. The lowest BCUT2D eigenvalue weighted by atomic mass is 9.79. The van der Waals surface area contributed by atoms with Gasteiger partial charge in [-0.2, -0.15) is 0 Å². The molecule has 1 aliphatic heterocycles. The van der Waals surface area contributed by atoms with Gasteiger partial charge in [-0.15, -0.1) is 0 Å². The summed E-state index contributed by atoms with van der Waals surface area (Å²) in [7, 11) is 0. The number of hydrogen-bond acceptors (Lipinski definition) is 2. The third-order valence-corrected chi connectivity index (χ3v) is 4.60. The van der Waals surface area contributed by atoms with Crippen LogP contribution in [0.3, 0.4) is 0 Å². The standard InChI is InChI=1S/C14H28N2/c1-13(2)8-10-16(11-9-13)12-14(15)6-4-3-5-7-14/h3-12,15H2,1-2H3. The van der Waals surface area contributed by atoms with Crippen molar-refractivity contribution >= 4 is 0 Å². The van der Waals surface area contributed by atoms with Crippen molar-refractivity contribution in [3.05, 3.63) is 0 Å². The number of nitrogens with two attached hydrogens (primary N) is 1. The molecule has 0 spiro atoms. The van der Waals surface area contributed by atoms with Gasteiger partial charge in [-0.1, -0.05) is 33.1 Å². The second-order valence-corrected chi connectivity index (χ2v) is 6.86.